The second kappa shape index (κ2) is 6.30. The summed E-state index contributed by atoms with van der Waals surface area (Å²) in [5, 5.41) is 5.04. The molecule has 1 heteroatoms. The summed E-state index contributed by atoms with van der Waals surface area (Å²) in [7, 11) is 0. The number of hydrogen-bond acceptors (Lipinski definition) is 1. The molecular weight excluding hydrogens is 326 g/mol. The number of anilines is 1. The van der Waals surface area contributed by atoms with Crippen molar-refractivity contribution in [3.8, 4) is 22.3 Å². The van der Waals surface area contributed by atoms with Crippen LogP contribution in [0, 0.1) is 0 Å². The van der Waals surface area contributed by atoms with Crippen LogP contribution in [-0.2, 0) is 0 Å². The fraction of sp³-hybridized carbons (Fsp3) is 0. The second-order valence-corrected chi connectivity index (χ2v) is 6.86. The maximum atomic E-state index is 6.60. The molecule has 0 aliphatic carbocycles. The van der Waals surface area contributed by atoms with Gasteiger partial charge in [-0.15, -0.1) is 0 Å². The summed E-state index contributed by atoms with van der Waals surface area (Å²) < 4.78 is 0. The van der Waals surface area contributed by atoms with Crippen molar-refractivity contribution < 1.29 is 0 Å². The molecule has 0 saturated carbocycles. The van der Waals surface area contributed by atoms with Gasteiger partial charge in [0.15, 0.2) is 0 Å². The molecule has 0 saturated heterocycles. The van der Waals surface area contributed by atoms with Crippen molar-refractivity contribution in [3.63, 3.8) is 0 Å². The lowest BCUT2D eigenvalue weighted by Crippen LogP contribution is -1.94. The molecule has 5 rings (SSSR count). The average Bonchev–Trinajstić information content (AvgIpc) is 2.74. The molecule has 0 aliphatic rings. The number of hydrogen-bond donors (Lipinski definition) is 1. The predicted octanol–water partition coefficient (Wildman–Crippen LogP) is 6.91. The predicted molar refractivity (Wildman–Crippen MR) is 117 cm³/mol. The molecule has 0 radical (unpaired) electrons. The molecular formula is C26H19N. The minimum atomic E-state index is 0.822. The maximum absolute atomic E-state index is 6.60. The quantitative estimate of drug-likeness (QED) is 0.273. The highest BCUT2D eigenvalue weighted by molar-refractivity contribution is 6.09. The fourth-order valence-corrected chi connectivity index (χ4v) is 3.86. The van der Waals surface area contributed by atoms with Crippen LogP contribution >= 0.6 is 0 Å². The van der Waals surface area contributed by atoms with Gasteiger partial charge < -0.3 is 5.73 Å². The summed E-state index contributed by atoms with van der Waals surface area (Å²) in [5.41, 5.74) is 11.9. The van der Waals surface area contributed by atoms with Crippen LogP contribution in [0.2, 0.25) is 0 Å². The van der Waals surface area contributed by atoms with Gasteiger partial charge in [-0.1, -0.05) is 97.1 Å². The molecule has 0 fully saturated rings. The van der Waals surface area contributed by atoms with E-state index in [2.05, 4.69) is 84.9 Å². The molecule has 128 valence electrons. The van der Waals surface area contributed by atoms with E-state index in [1.807, 2.05) is 18.2 Å². The Morgan fingerprint density at radius 2 is 1.07 bits per heavy atom. The molecule has 0 atom stereocenters. The molecule has 2 N–H and O–H groups in total. The lowest BCUT2D eigenvalue weighted by molar-refractivity contribution is 1.59. The van der Waals surface area contributed by atoms with Crippen LogP contribution in [0.1, 0.15) is 0 Å². The third kappa shape index (κ3) is 2.65. The third-order valence-corrected chi connectivity index (χ3v) is 5.25. The summed E-state index contributed by atoms with van der Waals surface area (Å²) >= 11 is 0. The van der Waals surface area contributed by atoms with Gasteiger partial charge in [-0.05, 0) is 38.7 Å². The Kier molecular flexibility index (Phi) is 3.65. The standard InChI is InChI=1S/C26H19N/c27-26-23(18-7-2-1-3-8-18)11-6-12-24(26)21-16-15-20-14-13-19-9-4-5-10-22(19)25(20)17-21/h1-17H,27H2. The van der Waals surface area contributed by atoms with Gasteiger partial charge in [0.05, 0.1) is 0 Å². The van der Waals surface area contributed by atoms with Gasteiger partial charge >= 0.3 is 0 Å². The Balaban J connectivity index is 1.73. The number of rotatable bonds is 2. The first kappa shape index (κ1) is 15.7. The van der Waals surface area contributed by atoms with Gasteiger partial charge in [-0.3, -0.25) is 0 Å². The van der Waals surface area contributed by atoms with E-state index in [0.717, 1.165) is 27.9 Å². The lowest BCUT2D eigenvalue weighted by atomic mass is 9.93. The highest BCUT2D eigenvalue weighted by Crippen LogP contribution is 2.36. The first-order valence-electron chi connectivity index (χ1n) is 9.17. The Morgan fingerprint density at radius 3 is 1.89 bits per heavy atom. The Labute approximate surface area is 158 Å². The molecule has 5 aromatic rings. The van der Waals surface area contributed by atoms with E-state index in [1.54, 1.807) is 0 Å². The van der Waals surface area contributed by atoms with Crippen LogP contribution in [0.15, 0.2) is 103 Å². The number of fused-ring (bicyclic) bond motifs is 3. The van der Waals surface area contributed by atoms with Gasteiger partial charge in [0, 0.05) is 16.8 Å². The number of para-hydroxylation sites is 1. The lowest BCUT2D eigenvalue weighted by Gasteiger charge is -2.13. The van der Waals surface area contributed by atoms with Gasteiger partial charge in [-0.25, -0.2) is 0 Å². The molecule has 1 nitrogen and oxygen atoms in total. The van der Waals surface area contributed by atoms with E-state index in [9.17, 15) is 0 Å². The van der Waals surface area contributed by atoms with Crippen LogP contribution in [0.3, 0.4) is 0 Å². The summed E-state index contributed by atoms with van der Waals surface area (Å²) in [5.74, 6) is 0. The van der Waals surface area contributed by atoms with E-state index in [4.69, 9.17) is 5.73 Å². The molecule has 0 amide bonds. The van der Waals surface area contributed by atoms with Crippen molar-refractivity contribution in [2.75, 3.05) is 5.73 Å². The van der Waals surface area contributed by atoms with Crippen molar-refractivity contribution in [2.24, 2.45) is 0 Å². The number of nitrogens with two attached hydrogens (primary N) is 1. The average molecular weight is 345 g/mol. The third-order valence-electron chi connectivity index (χ3n) is 5.25. The second-order valence-electron chi connectivity index (χ2n) is 6.86. The fourth-order valence-electron chi connectivity index (χ4n) is 3.86. The molecule has 5 aromatic carbocycles. The Hall–Kier alpha value is -3.58. The Morgan fingerprint density at radius 1 is 0.444 bits per heavy atom. The maximum Gasteiger partial charge on any atom is 0.0473 e. The number of benzene rings is 5. The molecule has 27 heavy (non-hydrogen) atoms. The molecule has 0 unspecified atom stereocenters. The van der Waals surface area contributed by atoms with E-state index < -0.39 is 0 Å². The zero-order valence-electron chi connectivity index (χ0n) is 14.9. The van der Waals surface area contributed by atoms with Crippen molar-refractivity contribution in [2.45, 2.75) is 0 Å². The zero-order chi connectivity index (χ0) is 18.2. The van der Waals surface area contributed by atoms with Crippen LogP contribution in [0.4, 0.5) is 5.69 Å². The van der Waals surface area contributed by atoms with E-state index >= 15 is 0 Å². The SMILES string of the molecule is Nc1c(-c2ccccc2)cccc1-c1ccc2ccc3ccccc3c2c1. The van der Waals surface area contributed by atoms with E-state index in [1.165, 1.54) is 21.5 Å². The molecule has 0 heterocycles. The van der Waals surface area contributed by atoms with Crippen LogP contribution in [0.5, 0.6) is 0 Å². The molecule has 0 bridgehead atoms. The Bertz CT molecular complexity index is 1270. The number of nitrogen functional groups attached to an aromatic ring is 1. The van der Waals surface area contributed by atoms with Crippen molar-refractivity contribution in [3.05, 3.63) is 103 Å². The van der Waals surface area contributed by atoms with Crippen LogP contribution in [0.25, 0.3) is 43.8 Å². The normalized spacial score (nSPS) is 11.1. The van der Waals surface area contributed by atoms with Gasteiger partial charge in [0.1, 0.15) is 0 Å². The monoisotopic (exact) mass is 345 g/mol. The zero-order valence-corrected chi connectivity index (χ0v) is 14.9. The van der Waals surface area contributed by atoms with Crippen LogP contribution in [-0.4, -0.2) is 0 Å². The minimum Gasteiger partial charge on any atom is -0.398 e. The molecule has 0 aromatic heterocycles. The van der Waals surface area contributed by atoms with Crippen molar-refractivity contribution in [1.82, 2.24) is 0 Å². The van der Waals surface area contributed by atoms with Crippen LogP contribution < -0.4 is 5.73 Å². The van der Waals surface area contributed by atoms with Crippen molar-refractivity contribution in [1.29, 1.82) is 0 Å². The van der Waals surface area contributed by atoms with E-state index in [0.29, 0.717) is 0 Å². The largest absolute Gasteiger partial charge is 0.398 e. The summed E-state index contributed by atoms with van der Waals surface area (Å²) in [6, 6.07) is 36.1. The highest BCUT2D eigenvalue weighted by atomic mass is 14.6. The minimum absolute atomic E-state index is 0.822. The topological polar surface area (TPSA) is 26.0 Å². The summed E-state index contributed by atoms with van der Waals surface area (Å²) in [4.78, 5) is 0. The summed E-state index contributed by atoms with van der Waals surface area (Å²) in [6.07, 6.45) is 0. The first-order chi connectivity index (χ1) is 13.3. The van der Waals surface area contributed by atoms with Gasteiger partial charge in [0.25, 0.3) is 0 Å². The summed E-state index contributed by atoms with van der Waals surface area (Å²) in [6.45, 7) is 0. The van der Waals surface area contributed by atoms with Gasteiger partial charge in [0.2, 0.25) is 0 Å². The van der Waals surface area contributed by atoms with Gasteiger partial charge in [-0.2, -0.15) is 0 Å². The van der Waals surface area contributed by atoms with Crippen molar-refractivity contribution >= 4 is 27.2 Å². The first-order valence-corrected chi connectivity index (χ1v) is 9.17. The van der Waals surface area contributed by atoms with E-state index in [-0.39, 0.29) is 0 Å². The smallest absolute Gasteiger partial charge is 0.0473 e. The molecule has 0 spiro atoms. The highest BCUT2D eigenvalue weighted by Gasteiger charge is 2.10. The molecule has 0 aliphatic heterocycles.